The monoisotopic (exact) mass is 276 g/mol. The molecule has 1 aliphatic rings. The minimum absolute atomic E-state index is 0.0294. The van der Waals surface area contributed by atoms with Crippen LogP contribution in [0.15, 0.2) is 18.2 Å². The molecule has 2 rings (SSSR count). The number of nitro benzene ring substituents is 1. The smallest absolute Gasteiger partial charge is 0.293 e. The molecule has 108 valence electrons. The average Bonchev–Trinajstić information content (AvgIpc) is 2.48. The van der Waals surface area contributed by atoms with Crippen molar-refractivity contribution >= 4 is 17.7 Å². The van der Waals surface area contributed by atoms with Crippen molar-refractivity contribution in [1.29, 1.82) is 0 Å². The number of nitrogens with one attached hydrogen (secondary N) is 1. The maximum atomic E-state index is 11.0. The van der Waals surface area contributed by atoms with Crippen LogP contribution in [0.4, 0.5) is 11.4 Å². The van der Waals surface area contributed by atoms with Crippen molar-refractivity contribution in [2.45, 2.75) is 38.5 Å². The molecule has 1 aromatic carbocycles. The normalized spacial score (nSPS) is 15.8. The Bertz CT molecular complexity index is 482. The van der Waals surface area contributed by atoms with Gasteiger partial charge in [0.15, 0.2) is 0 Å². The highest BCUT2D eigenvalue weighted by Gasteiger charge is 2.16. The van der Waals surface area contributed by atoms with Crippen LogP contribution in [0, 0.1) is 16.0 Å². The molecule has 0 unspecified atom stereocenters. The van der Waals surface area contributed by atoms with Crippen molar-refractivity contribution in [2.75, 3.05) is 11.9 Å². The van der Waals surface area contributed by atoms with E-state index in [9.17, 15) is 14.9 Å². The van der Waals surface area contributed by atoms with Gasteiger partial charge in [0.25, 0.3) is 5.69 Å². The number of anilines is 1. The van der Waals surface area contributed by atoms with Crippen LogP contribution in [-0.2, 0) is 0 Å². The van der Waals surface area contributed by atoms with Gasteiger partial charge in [-0.2, -0.15) is 0 Å². The fourth-order valence-electron chi connectivity index (χ4n) is 2.81. The van der Waals surface area contributed by atoms with Crippen molar-refractivity contribution in [1.82, 2.24) is 0 Å². The van der Waals surface area contributed by atoms with Gasteiger partial charge in [-0.3, -0.25) is 14.9 Å². The molecule has 1 aromatic rings. The Morgan fingerprint density at radius 3 is 2.70 bits per heavy atom. The van der Waals surface area contributed by atoms with Crippen LogP contribution in [0.1, 0.15) is 48.9 Å². The lowest BCUT2D eigenvalue weighted by atomic mass is 9.87. The third kappa shape index (κ3) is 3.79. The number of nitrogens with zero attached hydrogens (tertiary/aromatic N) is 1. The van der Waals surface area contributed by atoms with Gasteiger partial charge in [-0.05, 0) is 24.5 Å². The maximum absolute atomic E-state index is 11.0. The highest BCUT2D eigenvalue weighted by molar-refractivity contribution is 5.79. The highest BCUT2D eigenvalue weighted by atomic mass is 16.6. The van der Waals surface area contributed by atoms with E-state index in [1.54, 1.807) is 12.1 Å². The molecule has 1 saturated carbocycles. The van der Waals surface area contributed by atoms with Crippen LogP contribution >= 0.6 is 0 Å². The predicted molar refractivity (Wildman–Crippen MR) is 78.2 cm³/mol. The zero-order valence-corrected chi connectivity index (χ0v) is 11.5. The van der Waals surface area contributed by atoms with E-state index < -0.39 is 4.92 Å². The van der Waals surface area contributed by atoms with E-state index in [-0.39, 0.29) is 5.69 Å². The number of hydrogen-bond donors (Lipinski definition) is 1. The molecule has 0 bridgehead atoms. The zero-order chi connectivity index (χ0) is 14.4. The molecule has 5 heteroatoms. The second-order valence-electron chi connectivity index (χ2n) is 5.37. The molecule has 5 nitrogen and oxygen atoms in total. The summed E-state index contributed by atoms with van der Waals surface area (Å²) in [7, 11) is 0. The molecule has 1 aliphatic carbocycles. The number of nitro groups is 1. The van der Waals surface area contributed by atoms with Crippen LogP contribution in [0.2, 0.25) is 0 Å². The van der Waals surface area contributed by atoms with Crippen molar-refractivity contribution < 1.29 is 9.72 Å². The first-order valence-corrected chi connectivity index (χ1v) is 7.18. The van der Waals surface area contributed by atoms with Gasteiger partial charge in [0.2, 0.25) is 0 Å². The minimum atomic E-state index is -0.448. The van der Waals surface area contributed by atoms with Gasteiger partial charge in [-0.15, -0.1) is 0 Å². The second-order valence-corrected chi connectivity index (χ2v) is 5.37. The van der Waals surface area contributed by atoms with E-state index in [1.165, 1.54) is 38.2 Å². The van der Waals surface area contributed by atoms with E-state index in [1.807, 2.05) is 0 Å². The lowest BCUT2D eigenvalue weighted by molar-refractivity contribution is -0.384. The standard InChI is InChI=1S/C15H20N2O3/c18-11-13-6-7-14(15(10-13)17(19)20)16-9-8-12-4-2-1-3-5-12/h6-7,10-12,16H,1-5,8-9H2. The zero-order valence-electron chi connectivity index (χ0n) is 11.5. The number of hydrogen-bond acceptors (Lipinski definition) is 4. The first-order valence-electron chi connectivity index (χ1n) is 7.18. The van der Waals surface area contributed by atoms with Crippen LogP contribution < -0.4 is 5.32 Å². The van der Waals surface area contributed by atoms with Crippen molar-refractivity contribution in [3.05, 3.63) is 33.9 Å². The van der Waals surface area contributed by atoms with E-state index in [4.69, 9.17) is 0 Å². The van der Waals surface area contributed by atoms with Crippen LogP contribution in [-0.4, -0.2) is 17.8 Å². The largest absolute Gasteiger partial charge is 0.379 e. The van der Waals surface area contributed by atoms with Gasteiger partial charge >= 0.3 is 0 Å². The van der Waals surface area contributed by atoms with E-state index >= 15 is 0 Å². The SMILES string of the molecule is O=Cc1ccc(NCCC2CCCCC2)c([N+](=O)[O-])c1. The molecule has 0 amide bonds. The second kappa shape index (κ2) is 7.03. The van der Waals surface area contributed by atoms with Crippen molar-refractivity contribution in [3.8, 4) is 0 Å². The Morgan fingerprint density at radius 2 is 2.05 bits per heavy atom. The van der Waals surface area contributed by atoms with Crippen LogP contribution in [0.3, 0.4) is 0 Å². The number of aldehydes is 1. The third-order valence-corrected chi connectivity index (χ3v) is 3.95. The molecule has 1 N–H and O–H groups in total. The van der Waals surface area contributed by atoms with E-state index in [2.05, 4.69) is 5.32 Å². The molecule has 0 aliphatic heterocycles. The summed E-state index contributed by atoms with van der Waals surface area (Å²) in [6.45, 7) is 0.742. The summed E-state index contributed by atoms with van der Waals surface area (Å²) in [5, 5.41) is 14.1. The maximum Gasteiger partial charge on any atom is 0.293 e. The van der Waals surface area contributed by atoms with Gasteiger partial charge in [0, 0.05) is 18.2 Å². The molecule has 0 saturated heterocycles. The molecular weight excluding hydrogens is 256 g/mol. The predicted octanol–water partition coefficient (Wildman–Crippen LogP) is 3.79. The quantitative estimate of drug-likeness (QED) is 0.487. The van der Waals surface area contributed by atoms with Gasteiger partial charge in [0.05, 0.1) is 4.92 Å². The van der Waals surface area contributed by atoms with Gasteiger partial charge in [-0.1, -0.05) is 32.1 Å². The summed E-state index contributed by atoms with van der Waals surface area (Å²) in [5.41, 5.74) is 0.796. The summed E-state index contributed by atoms with van der Waals surface area (Å²) in [6.07, 6.45) is 8.16. The van der Waals surface area contributed by atoms with Gasteiger partial charge < -0.3 is 5.32 Å². The van der Waals surface area contributed by atoms with Crippen molar-refractivity contribution in [2.24, 2.45) is 5.92 Å². The number of rotatable bonds is 6. The molecule has 20 heavy (non-hydrogen) atoms. The Labute approximate surface area is 118 Å². The molecule has 0 spiro atoms. The fourth-order valence-corrected chi connectivity index (χ4v) is 2.81. The van der Waals surface area contributed by atoms with Gasteiger partial charge in [0.1, 0.15) is 12.0 Å². The summed E-state index contributed by atoms with van der Waals surface area (Å²) in [4.78, 5) is 21.2. The molecule has 0 radical (unpaired) electrons. The lowest BCUT2D eigenvalue weighted by Gasteiger charge is -2.21. The Kier molecular flexibility index (Phi) is 5.09. The molecule has 1 fully saturated rings. The van der Waals surface area contributed by atoms with E-state index in [0.717, 1.165) is 18.9 Å². The van der Waals surface area contributed by atoms with Crippen LogP contribution in [0.25, 0.3) is 0 Å². The number of carbonyl (C=O) groups is 1. The Morgan fingerprint density at radius 1 is 1.30 bits per heavy atom. The lowest BCUT2D eigenvalue weighted by Crippen LogP contribution is -2.12. The van der Waals surface area contributed by atoms with Gasteiger partial charge in [-0.25, -0.2) is 0 Å². The first kappa shape index (κ1) is 14.5. The van der Waals surface area contributed by atoms with Crippen molar-refractivity contribution in [3.63, 3.8) is 0 Å². The Balaban J connectivity index is 1.94. The summed E-state index contributed by atoms with van der Waals surface area (Å²) in [6, 6.07) is 4.53. The highest BCUT2D eigenvalue weighted by Crippen LogP contribution is 2.28. The molecule has 0 atom stereocenters. The number of benzene rings is 1. The summed E-state index contributed by atoms with van der Waals surface area (Å²) >= 11 is 0. The fraction of sp³-hybridized carbons (Fsp3) is 0.533. The topological polar surface area (TPSA) is 72.2 Å². The molecule has 0 heterocycles. The molecular formula is C15H20N2O3. The first-order chi connectivity index (χ1) is 9.70. The minimum Gasteiger partial charge on any atom is -0.379 e. The summed E-state index contributed by atoms with van der Waals surface area (Å²) < 4.78 is 0. The Hall–Kier alpha value is -1.91. The molecule has 0 aromatic heterocycles. The van der Waals surface area contributed by atoms with Crippen LogP contribution in [0.5, 0.6) is 0 Å². The third-order valence-electron chi connectivity index (χ3n) is 3.95. The summed E-state index contributed by atoms with van der Waals surface area (Å²) in [5.74, 6) is 0.740. The average molecular weight is 276 g/mol. The van der Waals surface area contributed by atoms with E-state index in [0.29, 0.717) is 17.5 Å². The number of carbonyl (C=O) groups excluding carboxylic acids is 1.